The van der Waals surface area contributed by atoms with Crippen LogP contribution in [0, 0.1) is 5.41 Å². The third-order valence-electron chi connectivity index (χ3n) is 2.23. The van der Waals surface area contributed by atoms with Gasteiger partial charge in [0.15, 0.2) is 0 Å². The van der Waals surface area contributed by atoms with Crippen molar-refractivity contribution >= 4 is 22.9 Å². The summed E-state index contributed by atoms with van der Waals surface area (Å²) in [7, 11) is 1.91. The Balaban J connectivity index is 2.23. The summed E-state index contributed by atoms with van der Waals surface area (Å²) in [4.78, 5) is 2.87. The van der Waals surface area contributed by atoms with Gasteiger partial charge in [-0.05, 0) is 23.6 Å². The Labute approximate surface area is 93.3 Å². The molecule has 0 aliphatic carbocycles. The minimum atomic E-state index is 0.538. The van der Waals surface area contributed by atoms with Crippen molar-refractivity contribution in [1.29, 1.82) is 5.41 Å². The molecular weight excluding hydrogens is 204 g/mol. The molecule has 0 bridgehead atoms. The van der Waals surface area contributed by atoms with Crippen molar-refractivity contribution in [1.82, 2.24) is 0 Å². The Morgan fingerprint density at radius 3 is 2.47 bits per heavy atom. The third-order valence-corrected chi connectivity index (χ3v) is 3.11. The molecule has 2 aromatic rings. The van der Waals surface area contributed by atoms with Crippen LogP contribution in [-0.4, -0.2) is 12.9 Å². The van der Waals surface area contributed by atoms with Gasteiger partial charge in [-0.2, -0.15) is 0 Å². The van der Waals surface area contributed by atoms with Gasteiger partial charge in [0.1, 0.15) is 5.84 Å². The summed E-state index contributed by atoms with van der Waals surface area (Å²) in [5, 5.41) is 10.0. The molecule has 1 heterocycles. The molecule has 1 aromatic carbocycles. The Hall–Kier alpha value is -1.61. The maximum absolute atomic E-state index is 8.03. The zero-order valence-electron chi connectivity index (χ0n) is 8.47. The first-order valence-electron chi connectivity index (χ1n) is 4.70. The van der Waals surface area contributed by atoms with Crippen molar-refractivity contribution in [2.75, 3.05) is 11.9 Å². The average molecular weight is 216 g/mol. The smallest absolute Gasteiger partial charge is 0.142 e. The van der Waals surface area contributed by atoms with Crippen molar-refractivity contribution in [3.8, 4) is 0 Å². The van der Waals surface area contributed by atoms with Crippen molar-refractivity contribution in [3.63, 3.8) is 0 Å². The van der Waals surface area contributed by atoms with Crippen molar-refractivity contribution in [3.05, 3.63) is 52.7 Å². The molecule has 2 rings (SSSR count). The standard InChI is InChI=1S/C12H12N2S/c1-14(10-6-3-2-4-7-10)12(13)11-8-5-9-15-11/h2-9,13H,1H3. The van der Waals surface area contributed by atoms with E-state index >= 15 is 0 Å². The van der Waals surface area contributed by atoms with E-state index < -0.39 is 0 Å². The normalized spacial score (nSPS) is 9.93. The summed E-state index contributed by atoms with van der Waals surface area (Å²) < 4.78 is 0. The molecule has 1 N–H and O–H groups in total. The molecule has 0 aliphatic heterocycles. The highest BCUT2D eigenvalue weighted by Gasteiger charge is 2.09. The van der Waals surface area contributed by atoms with Gasteiger partial charge < -0.3 is 4.90 Å². The molecule has 1 aromatic heterocycles. The fraction of sp³-hybridized carbons (Fsp3) is 0.0833. The number of benzene rings is 1. The van der Waals surface area contributed by atoms with Crippen LogP contribution in [-0.2, 0) is 0 Å². The van der Waals surface area contributed by atoms with E-state index in [1.807, 2.05) is 59.8 Å². The topological polar surface area (TPSA) is 27.1 Å². The van der Waals surface area contributed by atoms with Crippen LogP contribution < -0.4 is 4.90 Å². The minimum Gasteiger partial charge on any atom is -0.329 e. The number of hydrogen-bond acceptors (Lipinski definition) is 2. The summed E-state index contributed by atoms with van der Waals surface area (Å²) >= 11 is 1.59. The largest absolute Gasteiger partial charge is 0.329 e. The predicted octanol–water partition coefficient (Wildman–Crippen LogP) is 3.21. The van der Waals surface area contributed by atoms with Crippen LogP contribution in [0.5, 0.6) is 0 Å². The molecule has 76 valence electrons. The number of anilines is 1. The molecule has 3 heteroatoms. The van der Waals surface area contributed by atoms with Crippen LogP contribution in [0.1, 0.15) is 4.88 Å². The van der Waals surface area contributed by atoms with Gasteiger partial charge in [0.25, 0.3) is 0 Å². The number of nitrogens with zero attached hydrogens (tertiary/aromatic N) is 1. The van der Waals surface area contributed by atoms with E-state index in [1.165, 1.54) is 0 Å². The zero-order chi connectivity index (χ0) is 10.7. The predicted molar refractivity (Wildman–Crippen MR) is 66.0 cm³/mol. The van der Waals surface area contributed by atoms with E-state index in [-0.39, 0.29) is 0 Å². The third kappa shape index (κ3) is 2.07. The summed E-state index contributed by atoms with van der Waals surface area (Å²) in [6, 6.07) is 13.9. The Morgan fingerprint density at radius 2 is 1.87 bits per heavy atom. The summed E-state index contributed by atoms with van der Waals surface area (Å²) in [5.74, 6) is 0.538. The van der Waals surface area contributed by atoms with Gasteiger partial charge in [-0.25, -0.2) is 0 Å². The van der Waals surface area contributed by atoms with Gasteiger partial charge >= 0.3 is 0 Å². The van der Waals surface area contributed by atoms with E-state index in [1.54, 1.807) is 11.3 Å². The van der Waals surface area contributed by atoms with Crippen LogP contribution in [0.15, 0.2) is 47.8 Å². The number of rotatable bonds is 2. The first-order valence-corrected chi connectivity index (χ1v) is 5.58. The number of nitrogens with one attached hydrogen (secondary N) is 1. The quantitative estimate of drug-likeness (QED) is 0.605. The molecule has 2 nitrogen and oxygen atoms in total. The lowest BCUT2D eigenvalue weighted by Crippen LogP contribution is -2.25. The van der Waals surface area contributed by atoms with E-state index in [0.29, 0.717) is 5.84 Å². The molecule has 0 fully saturated rings. The van der Waals surface area contributed by atoms with Gasteiger partial charge in [-0.1, -0.05) is 24.3 Å². The molecule has 0 aliphatic rings. The van der Waals surface area contributed by atoms with Crippen molar-refractivity contribution in [2.45, 2.75) is 0 Å². The monoisotopic (exact) mass is 216 g/mol. The van der Waals surface area contributed by atoms with E-state index in [9.17, 15) is 0 Å². The second-order valence-corrected chi connectivity index (χ2v) is 4.17. The lowest BCUT2D eigenvalue weighted by atomic mass is 10.3. The van der Waals surface area contributed by atoms with Gasteiger partial charge in [-0.15, -0.1) is 11.3 Å². The number of hydrogen-bond donors (Lipinski definition) is 1. The Kier molecular flexibility index (Phi) is 2.83. The average Bonchev–Trinajstić information content (AvgIpc) is 2.82. The van der Waals surface area contributed by atoms with Gasteiger partial charge in [-0.3, -0.25) is 5.41 Å². The highest BCUT2D eigenvalue weighted by molar-refractivity contribution is 7.12. The van der Waals surface area contributed by atoms with Gasteiger partial charge in [0, 0.05) is 12.7 Å². The molecule has 0 saturated heterocycles. The number of thiophene rings is 1. The number of amidine groups is 1. The fourth-order valence-electron chi connectivity index (χ4n) is 1.36. The maximum atomic E-state index is 8.03. The van der Waals surface area contributed by atoms with Crippen LogP contribution >= 0.6 is 11.3 Å². The van der Waals surface area contributed by atoms with E-state index in [4.69, 9.17) is 5.41 Å². The lowest BCUT2D eigenvalue weighted by molar-refractivity contribution is 1.23. The highest BCUT2D eigenvalue weighted by Crippen LogP contribution is 2.17. The van der Waals surface area contributed by atoms with Crippen LogP contribution in [0.2, 0.25) is 0 Å². The van der Waals surface area contributed by atoms with Crippen LogP contribution in [0.4, 0.5) is 5.69 Å². The van der Waals surface area contributed by atoms with Crippen LogP contribution in [0.3, 0.4) is 0 Å². The summed E-state index contributed by atoms with van der Waals surface area (Å²) in [6.07, 6.45) is 0. The van der Waals surface area contributed by atoms with Crippen molar-refractivity contribution < 1.29 is 0 Å². The Morgan fingerprint density at radius 1 is 1.13 bits per heavy atom. The zero-order valence-corrected chi connectivity index (χ0v) is 9.29. The molecule has 0 radical (unpaired) electrons. The second kappa shape index (κ2) is 4.28. The van der Waals surface area contributed by atoms with Gasteiger partial charge in [0.2, 0.25) is 0 Å². The SMILES string of the molecule is CN(C(=N)c1cccs1)c1ccccc1. The molecule has 0 spiro atoms. The molecule has 0 saturated carbocycles. The first kappa shape index (κ1) is 9.93. The Bertz CT molecular complexity index is 434. The molecular formula is C12H12N2S. The fourth-order valence-corrected chi connectivity index (χ4v) is 2.07. The van der Waals surface area contributed by atoms with E-state index in [0.717, 1.165) is 10.6 Å². The molecule has 0 amide bonds. The minimum absolute atomic E-state index is 0.538. The second-order valence-electron chi connectivity index (χ2n) is 3.22. The van der Waals surface area contributed by atoms with E-state index in [2.05, 4.69) is 0 Å². The molecule has 0 atom stereocenters. The molecule has 0 unspecified atom stereocenters. The lowest BCUT2D eigenvalue weighted by Gasteiger charge is -2.18. The van der Waals surface area contributed by atoms with Crippen LogP contribution in [0.25, 0.3) is 0 Å². The molecule has 15 heavy (non-hydrogen) atoms. The highest BCUT2D eigenvalue weighted by atomic mass is 32.1. The summed E-state index contributed by atoms with van der Waals surface area (Å²) in [5.41, 5.74) is 1.04. The maximum Gasteiger partial charge on any atom is 0.142 e. The first-order chi connectivity index (χ1) is 7.29. The van der Waals surface area contributed by atoms with Gasteiger partial charge in [0.05, 0.1) is 4.88 Å². The number of para-hydroxylation sites is 1. The summed E-state index contributed by atoms with van der Waals surface area (Å²) in [6.45, 7) is 0. The van der Waals surface area contributed by atoms with Crippen molar-refractivity contribution in [2.24, 2.45) is 0 Å².